The van der Waals surface area contributed by atoms with Crippen LogP contribution < -0.4 is 9.64 Å². The minimum Gasteiger partial charge on any atom is -0.491 e. The van der Waals surface area contributed by atoms with Gasteiger partial charge in [-0.2, -0.15) is 0 Å². The highest BCUT2D eigenvalue weighted by Gasteiger charge is 2.17. The van der Waals surface area contributed by atoms with Crippen molar-refractivity contribution in [3.63, 3.8) is 0 Å². The molecular weight excluding hydrogens is 270 g/mol. The summed E-state index contributed by atoms with van der Waals surface area (Å²) in [5.41, 5.74) is 1.08. The molecule has 1 N–H and O–H groups in total. The monoisotopic (exact) mass is 285 g/mol. The smallest absolute Gasteiger partial charge is 0.142 e. The van der Waals surface area contributed by atoms with Crippen molar-refractivity contribution in [2.45, 2.75) is 12.5 Å². The van der Waals surface area contributed by atoms with E-state index in [2.05, 4.69) is 20.8 Å². The Labute approximate surface area is 104 Å². The number of aliphatic hydroxyl groups excluding tert-OH is 1. The van der Waals surface area contributed by atoms with Crippen molar-refractivity contribution >= 4 is 21.6 Å². The fraction of sp³-hybridized carbons (Fsp3) is 0.500. The van der Waals surface area contributed by atoms with Crippen LogP contribution >= 0.6 is 15.9 Å². The summed E-state index contributed by atoms with van der Waals surface area (Å²) in [5, 5.41) is 10.3. The molecule has 3 nitrogen and oxygen atoms in total. The number of aliphatic hydroxyl groups is 1. The maximum Gasteiger partial charge on any atom is 0.142 e. The van der Waals surface area contributed by atoms with Crippen molar-refractivity contribution in [3.05, 3.63) is 24.3 Å². The van der Waals surface area contributed by atoms with Gasteiger partial charge in [0.1, 0.15) is 5.75 Å². The molecule has 1 aliphatic heterocycles. The number of halogens is 1. The molecule has 1 aromatic carbocycles. The van der Waals surface area contributed by atoms with Crippen LogP contribution in [0.15, 0.2) is 24.3 Å². The zero-order valence-corrected chi connectivity index (χ0v) is 10.7. The van der Waals surface area contributed by atoms with Crippen molar-refractivity contribution in [3.8, 4) is 5.75 Å². The lowest BCUT2D eigenvalue weighted by atomic mass is 10.2. The summed E-state index contributed by atoms with van der Waals surface area (Å²) in [7, 11) is 0. The number of para-hydroxylation sites is 2. The van der Waals surface area contributed by atoms with Gasteiger partial charge in [0.15, 0.2) is 0 Å². The molecular formula is C12H16BrNO2. The van der Waals surface area contributed by atoms with Gasteiger partial charge >= 0.3 is 0 Å². The molecule has 4 heteroatoms. The van der Waals surface area contributed by atoms with Crippen molar-refractivity contribution in [2.75, 3.05) is 29.9 Å². The quantitative estimate of drug-likeness (QED) is 0.863. The first-order valence-electron chi connectivity index (χ1n) is 5.52. The Bertz CT molecular complexity index is 346. The summed E-state index contributed by atoms with van der Waals surface area (Å²) in [6, 6.07) is 8.00. The standard InChI is InChI=1S/C12H16BrNO2/c13-8-10(15)9-14-6-3-7-16-12-5-2-1-4-11(12)14/h1-2,4-5,10,15H,3,6-9H2. The Hall–Kier alpha value is -0.740. The van der Waals surface area contributed by atoms with E-state index in [9.17, 15) is 5.11 Å². The molecule has 0 bridgehead atoms. The van der Waals surface area contributed by atoms with Crippen LogP contribution in [-0.4, -0.2) is 36.2 Å². The summed E-state index contributed by atoms with van der Waals surface area (Å²) < 4.78 is 5.66. The minimum absolute atomic E-state index is 0.342. The van der Waals surface area contributed by atoms with Gasteiger partial charge in [0.2, 0.25) is 0 Å². The van der Waals surface area contributed by atoms with E-state index in [-0.39, 0.29) is 6.10 Å². The third kappa shape index (κ3) is 2.68. The van der Waals surface area contributed by atoms with Crippen LogP contribution in [0.4, 0.5) is 5.69 Å². The van der Waals surface area contributed by atoms with E-state index in [1.807, 2.05) is 24.3 Å². The molecule has 0 fully saturated rings. The summed E-state index contributed by atoms with van der Waals surface area (Å²) in [6.07, 6.45) is 0.648. The highest BCUT2D eigenvalue weighted by atomic mass is 79.9. The molecule has 88 valence electrons. The highest BCUT2D eigenvalue weighted by Crippen LogP contribution is 2.30. The van der Waals surface area contributed by atoms with Crippen LogP contribution in [0.3, 0.4) is 0 Å². The Morgan fingerprint density at radius 1 is 1.44 bits per heavy atom. The average molecular weight is 286 g/mol. The topological polar surface area (TPSA) is 32.7 Å². The zero-order valence-electron chi connectivity index (χ0n) is 9.10. The molecule has 1 heterocycles. The third-order valence-corrected chi connectivity index (χ3v) is 3.39. The van der Waals surface area contributed by atoms with Gasteiger partial charge in [-0.1, -0.05) is 28.1 Å². The van der Waals surface area contributed by atoms with Crippen LogP contribution in [0.2, 0.25) is 0 Å². The Balaban J connectivity index is 2.19. The number of hydrogen-bond acceptors (Lipinski definition) is 3. The maximum absolute atomic E-state index is 9.70. The fourth-order valence-corrected chi connectivity index (χ4v) is 2.10. The molecule has 1 aromatic rings. The number of alkyl halides is 1. The maximum atomic E-state index is 9.70. The lowest BCUT2D eigenvalue weighted by Gasteiger charge is -2.25. The van der Waals surface area contributed by atoms with E-state index in [0.29, 0.717) is 11.9 Å². The second kappa shape index (κ2) is 5.55. The van der Waals surface area contributed by atoms with E-state index >= 15 is 0 Å². The average Bonchev–Trinajstić information content (AvgIpc) is 2.52. The number of benzene rings is 1. The first kappa shape index (κ1) is 11.7. The number of fused-ring (bicyclic) bond motifs is 1. The molecule has 0 saturated carbocycles. The van der Waals surface area contributed by atoms with Crippen LogP contribution in [0.5, 0.6) is 5.75 Å². The third-order valence-electron chi connectivity index (χ3n) is 2.65. The SMILES string of the molecule is OC(CBr)CN1CCCOc2ccccc21. The summed E-state index contributed by atoms with van der Waals surface area (Å²) in [4.78, 5) is 2.19. The molecule has 0 radical (unpaired) electrons. The summed E-state index contributed by atoms with van der Waals surface area (Å²) >= 11 is 3.29. The number of rotatable bonds is 3. The van der Waals surface area contributed by atoms with Crippen molar-refractivity contribution in [1.82, 2.24) is 0 Å². The first-order valence-corrected chi connectivity index (χ1v) is 6.64. The fourth-order valence-electron chi connectivity index (χ4n) is 1.89. The van der Waals surface area contributed by atoms with E-state index in [4.69, 9.17) is 4.74 Å². The number of β-amino-alcohol motifs (C(OH)–C–C–N with tert-alkyl or cyclic N) is 1. The largest absolute Gasteiger partial charge is 0.491 e. The van der Waals surface area contributed by atoms with Crippen molar-refractivity contribution in [2.24, 2.45) is 0 Å². The van der Waals surface area contributed by atoms with Crippen molar-refractivity contribution < 1.29 is 9.84 Å². The number of anilines is 1. The van der Waals surface area contributed by atoms with Crippen LogP contribution in [0, 0.1) is 0 Å². The molecule has 0 aromatic heterocycles. The Kier molecular flexibility index (Phi) is 4.07. The van der Waals surface area contributed by atoms with Gasteiger partial charge in [-0.15, -0.1) is 0 Å². The van der Waals surface area contributed by atoms with Gasteiger partial charge in [-0.3, -0.25) is 0 Å². The highest BCUT2D eigenvalue weighted by molar-refractivity contribution is 9.09. The molecule has 0 spiro atoms. The van der Waals surface area contributed by atoms with Gasteiger partial charge < -0.3 is 14.7 Å². The van der Waals surface area contributed by atoms with Gasteiger partial charge in [0.05, 0.1) is 18.4 Å². The molecule has 0 saturated heterocycles. The van der Waals surface area contributed by atoms with Crippen LogP contribution in [0.25, 0.3) is 0 Å². The lowest BCUT2D eigenvalue weighted by molar-refractivity contribution is 0.205. The Morgan fingerprint density at radius 3 is 3.06 bits per heavy atom. The van der Waals surface area contributed by atoms with Gasteiger partial charge in [-0.25, -0.2) is 0 Å². The zero-order chi connectivity index (χ0) is 11.4. The molecule has 1 unspecified atom stereocenters. The van der Waals surface area contributed by atoms with Gasteiger partial charge in [0.25, 0.3) is 0 Å². The van der Waals surface area contributed by atoms with E-state index in [0.717, 1.165) is 31.0 Å². The van der Waals surface area contributed by atoms with E-state index in [1.165, 1.54) is 0 Å². The molecule has 16 heavy (non-hydrogen) atoms. The normalized spacial score (nSPS) is 17.2. The molecule has 1 atom stereocenters. The minimum atomic E-state index is -0.342. The molecule has 2 rings (SSSR count). The lowest BCUT2D eigenvalue weighted by Crippen LogP contribution is -2.33. The van der Waals surface area contributed by atoms with E-state index in [1.54, 1.807) is 0 Å². The van der Waals surface area contributed by atoms with E-state index < -0.39 is 0 Å². The van der Waals surface area contributed by atoms with Gasteiger partial charge in [-0.05, 0) is 18.6 Å². The second-order valence-electron chi connectivity index (χ2n) is 3.92. The number of ether oxygens (including phenoxy) is 1. The Morgan fingerprint density at radius 2 is 2.25 bits per heavy atom. The predicted octanol–water partition coefficient (Wildman–Crippen LogP) is 2.03. The molecule has 0 aliphatic carbocycles. The molecule has 0 amide bonds. The second-order valence-corrected chi connectivity index (χ2v) is 4.57. The number of hydrogen-bond donors (Lipinski definition) is 1. The summed E-state index contributed by atoms with van der Waals surface area (Å²) in [5.74, 6) is 0.918. The first-order chi connectivity index (χ1) is 7.81. The molecule has 1 aliphatic rings. The summed E-state index contributed by atoms with van der Waals surface area (Å²) in [6.45, 7) is 2.32. The van der Waals surface area contributed by atoms with Gasteiger partial charge in [0, 0.05) is 18.4 Å². The van der Waals surface area contributed by atoms with Crippen LogP contribution in [-0.2, 0) is 0 Å². The predicted molar refractivity (Wildman–Crippen MR) is 68.6 cm³/mol. The van der Waals surface area contributed by atoms with Crippen molar-refractivity contribution in [1.29, 1.82) is 0 Å². The number of nitrogens with zero attached hydrogens (tertiary/aromatic N) is 1. The van der Waals surface area contributed by atoms with Crippen LogP contribution in [0.1, 0.15) is 6.42 Å².